The standard InChI is InChI=1S/C24H28N2O5/c1-16(12-13-23(28)29)26-22(27)11-6-14-25-24(30)31-15-21-19-9-4-2-7-17(19)18-8-3-5-10-20(18)21/h2-5,7-10,16,21H,6,11-15H2,1H3,(H,25,30)(H,26,27)(H,28,29). The van der Waals surface area contributed by atoms with E-state index in [1.165, 1.54) is 11.1 Å². The summed E-state index contributed by atoms with van der Waals surface area (Å²) in [5.41, 5.74) is 4.67. The highest BCUT2D eigenvalue weighted by Crippen LogP contribution is 2.44. The number of carboxylic acids is 1. The maximum Gasteiger partial charge on any atom is 0.407 e. The van der Waals surface area contributed by atoms with Crippen LogP contribution in [-0.4, -0.2) is 42.3 Å². The van der Waals surface area contributed by atoms with Crippen molar-refractivity contribution in [3.63, 3.8) is 0 Å². The minimum Gasteiger partial charge on any atom is -0.481 e. The summed E-state index contributed by atoms with van der Waals surface area (Å²) in [6.07, 6.45) is 0.629. The number of rotatable bonds is 10. The van der Waals surface area contributed by atoms with Crippen molar-refractivity contribution in [2.24, 2.45) is 0 Å². The Bertz CT molecular complexity index is 898. The second kappa shape index (κ2) is 10.6. The maximum absolute atomic E-state index is 12.1. The summed E-state index contributed by atoms with van der Waals surface area (Å²) in [6.45, 7) is 2.35. The molecule has 2 aromatic carbocycles. The maximum atomic E-state index is 12.1. The fourth-order valence-corrected chi connectivity index (χ4v) is 3.85. The summed E-state index contributed by atoms with van der Waals surface area (Å²) in [5.74, 6) is -1.03. The Hall–Kier alpha value is -3.35. The number of hydrogen-bond acceptors (Lipinski definition) is 4. The van der Waals surface area contributed by atoms with Crippen LogP contribution in [0, 0.1) is 0 Å². The second-order valence-corrected chi connectivity index (χ2v) is 7.76. The highest BCUT2D eigenvalue weighted by Gasteiger charge is 2.28. The smallest absolute Gasteiger partial charge is 0.407 e. The first-order valence-electron chi connectivity index (χ1n) is 10.6. The van der Waals surface area contributed by atoms with Gasteiger partial charge < -0.3 is 20.5 Å². The summed E-state index contributed by atoms with van der Waals surface area (Å²) < 4.78 is 5.46. The predicted molar refractivity (Wildman–Crippen MR) is 117 cm³/mol. The second-order valence-electron chi connectivity index (χ2n) is 7.76. The first-order chi connectivity index (χ1) is 15.0. The van der Waals surface area contributed by atoms with E-state index in [-0.39, 0.29) is 37.3 Å². The van der Waals surface area contributed by atoms with E-state index in [2.05, 4.69) is 34.9 Å². The first-order valence-corrected chi connectivity index (χ1v) is 10.6. The molecule has 0 radical (unpaired) electrons. The number of alkyl carbamates (subject to hydrolysis) is 1. The molecule has 7 heteroatoms. The van der Waals surface area contributed by atoms with Crippen LogP contribution in [0.5, 0.6) is 0 Å². The lowest BCUT2D eigenvalue weighted by Gasteiger charge is -2.15. The molecule has 164 valence electrons. The van der Waals surface area contributed by atoms with E-state index in [1.807, 2.05) is 24.3 Å². The van der Waals surface area contributed by atoms with Gasteiger partial charge in [0.05, 0.1) is 0 Å². The molecule has 2 aromatic rings. The topological polar surface area (TPSA) is 105 Å². The van der Waals surface area contributed by atoms with Gasteiger partial charge in [-0.05, 0) is 42.0 Å². The van der Waals surface area contributed by atoms with Gasteiger partial charge in [-0.2, -0.15) is 0 Å². The van der Waals surface area contributed by atoms with Crippen LogP contribution in [0.1, 0.15) is 49.7 Å². The van der Waals surface area contributed by atoms with Crippen LogP contribution in [0.4, 0.5) is 4.79 Å². The average molecular weight is 424 g/mol. The Balaban J connectivity index is 1.38. The normalized spacial score (nSPS) is 13.1. The Kier molecular flexibility index (Phi) is 7.65. The van der Waals surface area contributed by atoms with Gasteiger partial charge in [-0.25, -0.2) is 4.79 Å². The third-order valence-corrected chi connectivity index (χ3v) is 5.39. The van der Waals surface area contributed by atoms with Crippen molar-refractivity contribution < 1.29 is 24.2 Å². The monoisotopic (exact) mass is 424 g/mol. The van der Waals surface area contributed by atoms with Crippen molar-refractivity contribution in [2.45, 2.75) is 44.6 Å². The number of fused-ring (bicyclic) bond motifs is 3. The van der Waals surface area contributed by atoms with Gasteiger partial charge in [-0.1, -0.05) is 48.5 Å². The Morgan fingerprint density at radius 3 is 2.23 bits per heavy atom. The van der Waals surface area contributed by atoms with Gasteiger partial charge in [0.2, 0.25) is 5.91 Å². The quantitative estimate of drug-likeness (QED) is 0.505. The molecule has 0 fully saturated rings. The lowest BCUT2D eigenvalue weighted by Crippen LogP contribution is -2.33. The Morgan fingerprint density at radius 2 is 1.61 bits per heavy atom. The van der Waals surface area contributed by atoms with Crippen molar-refractivity contribution in [1.29, 1.82) is 0 Å². The predicted octanol–water partition coefficient (Wildman–Crippen LogP) is 3.67. The van der Waals surface area contributed by atoms with Gasteiger partial charge in [0.15, 0.2) is 0 Å². The SMILES string of the molecule is CC(CCC(=O)O)NC(=O)CCCNC(=O)OCC1c2ccccc2-c2ccccc21. The minimum absolute atomic E-state index is 0.0104. The van der Waals surface area contributed by atoms with Crippen LogP contribution in [0.15, 0.2) is 48.5 Å². The molecule has 0 saturated heterocycles. The van der Waals surface area contributed by atoms with E-state index in [4.69, 9.17) is 9.84 Å². The lowest BCUT2D eigenvalue weighted by molar-refractivity contribution is -0.137. The van der Waals surface area contributed by atoms with Crippen LogP contribution in [0.2, 0.25) is 0 Å². The Labute approximate surface area is 181 Å². The Morgan fingerprint density at radius 1 is 1.00 bits per heavy atom. The van der Waals surface area contributed by atoms with Crippen LogP contribution in [0.3, 0.4) is 0 Å². The van der Waals surface area contributed by atoms with Gasteiger partial charge in [0, 0.05) is 31.3 Å². The summed E-state index contributed by atoms with van der Waals surface area (Å²) >= 11 is 0. The fraction of sp³-hybridized carbons (Fsp3) is 0.375. The highest BCUT2D eigenvalue weighted by molar-refractivity contribution is 5.79. The molecule has 1 unspecified atom stereocenters. The zero-order chi connectivity index (χ0) is 22.2. The number of hydrogen-bond donors (Lipinski definition) is 3. The number of carboxylic acid groups (broad SMARTS) is 1. The number of nitrogens with one attached hydrogen (secondary N) is 2. The number of carbonyl (C=O) groups excluding carboxylic acids is 2. The molecule has 0 bridgehead atoms. The first kappa shape index (κ1) is 22.3. The summed E-state index contributed by atoms with van der Waals surface area (Å²) in [6, 6.07) is 16.1. The van der Waals surface area contributed by atoms with E-state index in [0.29, 0.717) is 19.4 Å². The van der Waals surface area contributed by atoms with E-state index in [1.54, 1.807) is 6.92 Å². The number of amides is 2. The molecule has 0 heterocycles. The molecular formula is C24H28N2O5. The molecule has 3 N–H and O–H groups in total. The third-order valence-electron chi connectivity index (χ3n) is 5.39. The van der Waals surface area contributed by atoms with E-state index < -0.39 is 12.1 Å². The average Bonchev–Trinajstić information content (AvgIpc) is 3.08. The van der Waals surface area contributed by atoms with Gasteiger partial charge in [-0.15, -0.1) is 0 Å². The molecule has 0 spiro atoms. The third kappa shape index (κ3) is 6.07. The molecule has 1 atom stereocenters. The minimum atomic E-state index is -0.881. The van der Waals surface area contributed by atoms with Gasteiger partial charge in [0.25, 0.3) is 0 Å². The van der Waals surface area contributed by atoms with Crippen molar-refractivity contribution in [2.75, 3.05) is 13.2 Å². The molecule has 7 nitrogen and oxygen atoms in total. The van der Waals surface area contributed by atoms with E-state index >= 15 is 0 Å². The van der Waals surface area contributed by atoms with Crippen LogP contribution >= 0.6 is 0 Å². The van der Waals surface area contributed by atoms with Crippen molar-refractivity contribution >= 4 is 18.0 Å². The number of aliphatic carboxylic acids is 1. The molecule has 0 saturated carbocycles. The summed E-state index contributed by atoms with van der Waals surface area (Å²) in [4.78, 5) is 34.5. The highest BCUT2D eigenvalue weighted by atomic mass is 16.5. The lowest BCUT2D eigenvalue weighted by atomic mass is 9.98. The van der Waals surface area contributed by atoms with Crippen molar-refractivity contribution in [3.8, 4) is 11.1 Å². The molecular weight excluding hydrogens is 396 g/mol. The van der Waals surface area contributed by atoms with E-state index in [0.717, 1.165) is 11.1 Å². The zero-order valence-electron chi connectivity index (χ0n) is 17.6. The number of benzene rings is 2. The summed E-state index contributed by atoms with van der Waals surface area (Å²) in [7, 11) is 0. The molecule has 1 aliphatic rings. The number of ether oxygens (including phenoxy) is 1. The van der Waals surface area contributed by atoms with Gasteiger partial charge >= 0.3 is 12.1 Å². The largest absolute Gasteiger partial charge is 0.481 e. The molecule has 2 amide bonds. The van der Waals surface area contributed by atoms with Crippen molar-refractivity contribution in [3.05, 3.63) is 59.7 Å². The van der Waals surface area contributed by atoms with Crippen LogP contribution in [-0.2, 0) is 14.3 Å². The van der Waals surface area contributed by atoms with Gasteiger partial charge in [-0.3, -0.25) is 9.59 Å². The fourth-order valence-electron chi connectivity index (χ4n) is 3.85. The van der Waals surface area contributed by atoms with Crippen molar-refractivity contribution in [1.82, 2.24) is 10.6 Å². The van der Waals surface area contributed by atoms with Gasteiger partial charge in [0.1, 0.15) is 6.61 Å². The van der Waals surface area contributed by atoms with Crippen LogP contribution in [0.25, 0.3) is 11.1 Å². The zero-order valence-corrected chi connectivity index (χ0v) is 17.6. The molecule has 3 rings (SSSR count). The molecule has 0 aromatic heterocycles. The van der Waals surface area contributed by atoms with Crippen LogP contribution < -0.4 is 10.6 Å². The molecule has 31 heavy (non-hydrogen) atoms. The van der Waals surface area contributed by atoms with E-state index in [9.17, 15) is 14.4 Å². The summed E-state index contributed by atoms with van der Waals surface area (Å²) in [5, 5.41) is 14.1. The molecule has 0 aliphatic heterocycles. The molecule has 1 aliphatic carbocycles. The number of carbonyl (C=O) groups is 3.